The third kappa shape index (κ3) is 3.75. The van der Waals surface area contributed by atoms with Crippen LogP contribution in [0.4, 0.5) is 17.5 Å². The number of likely N-dealkylation sites (N-methyl/N-ethyl adjacent to an activating group) is 1. The van der Waals surface area contributed by atoms with Gasteiger partial charge in [0, 0.05) is 36.8 Å². The van der Waals surface area contributed by atoms with E-state index in [2.05, 4.69) is 15.3 Å². The Kier molecular flexibility index (Phi) is 5.13. The van der Waals surface area contributed by atoms with Crippen molar-refractivity contribution < 1.29 is 4.74 Å². The van der Waals surface area contributed by atoms with Crippen molar-refractivity contribution >= 4 is 40.0 Å². The van der Waals surface area contributed by atoms with Crippen LogP contribution in [0.15, 0.2) is 48.5 Å². The van der Waals surface area contributed by atoms with Gasteiger partial charge in [-0.1, -0.05) is 29.8 Å². The molecule has 0 saturated heterocycles. The van der Waals surface area contributed by atoms with Gasteiger partial charge in [0.05, 0.1) is 12.1 Å². The number of hydrogen-bond donors (Lipinski definition) is 1. The summed E-state index contributed by atoms with van der Waals surface area (Å²) in [7, 11) is 3.63. The lowest BCUT2D eigenvalue weighted by Gasteiger charge is -2.18. The number of anilines is 3. The molecule has 0 spiro atoms. The van der Waals surface area contributed by atoms with Crippen molar-refractivity contribution in [3.8, 4) is 0 Å². The number of para-hydroxylation sites is 1. The molecule has 0 bridgehead atoms. The van der Waals surface area contributed by atoms with Gasteiger partial charge in [0.25, 0.3) is 0 Å². The molecule has 1 heterocycles. The molecule has 2 aromatic carbocycles. The van der Waals surface area contributed by atoms with E-state index in [1.165, 1.54) is 0 Å². The molecule has 5 nitrogen and oxygen atoms in total. The normalized spacial score (nSPS) is 10.8. The van der Waals surface area contributed by atoms with Gasteiger partial charge in [0.1, 0.15) is 5.82 Å². The molecule has 24 heavy (non-hydrogen) atoms. The number of nitrogens with zero attached hydrogens (tertiary/aromatic N) is 3. The summed E-state index contributed by atoms with van der Waals surface area (Å²) in [6, 6.07) is 15.5. The van der Waals surface area contributed by atoms with Crippen molar-refractivity contribution in [2.75, 3.05) is 37.5 Å². The molecule has 0 unspecified atom stereocenters. The van der Waals surface area contributed by atoms with Gasteiger partial charge in [-0.15, -0.1) is 0 Å². The largest absolute Gasteiger partial charge is 0.383 e. The molecular weight excluding hydrogens is 324 g/mol. The smallest absolute Gasteiger partial charge is 0.227 e. The van der Waals surface area contributed by atoms with Crippen LogP contribution in [0, 0.1) is 0 Å². The molecule has 3 aromatic rings. The Labute approximate surface area is 146 Å². The summed E-state index contributed by atoms with van der Waals surface area (Å²) in [5.41, 5.74) is 1.77. The summed E-state index contributed by atoms with van der Waals surface area (Å²) < 4.78 is 5.13. The highest BCUT2D eigenvalue weighted by atomic mass is 35.5. The van der Waals surface area contributed by atoms with E-state index in [4.69, 9.17) is 16.3 Å². The van der Waals surface area contributed by atoms with Gasteiger partial charge in [-0.25, -0.2) is 4.98 Å². The van der Waals surface area contributed by atoms with Crippen LogP contribution in [-0.4, -0.2) is 37.3 Å². The summed E-state index contributed by atoms with van der Waals surface area (Å²) in [5.74, 6) is 1.40. The van der Waals surface area contributed by atoms with Gasteiger partial charge >= 0.3 is 0 Å². The molecule has 124 valence electrons. The molecule has 0 amide bonds. The third-order valence-corrected chi connectivity index (χ3v) is 3.89. The first-order valence-corrected chi connectivity index (χ1v) is 8.04. The van der Waals surface area contributed by atoms with Crippen molar-refractivity contribution in [3.05, 3.63) is 53.6 Å². The van der Waals surface area contributed by atoms with E-state index in [0.717, 1.165) is 22.4 Å². The monoisotopic (exact) mass is 342 g/mol. The molecule has 6 heteroatoms. The number of rotatable bonds is 6. The fraction of sp³-hybridized carbons (Fsp3) is 0.222. The number of fused-ring (bicyclic) bond motifs is 1. The lowest BCUT2D eigenvalue weighted by Crippen LogP contribution is -2.24. The zero-order valence-corrected chi connectivity index (χ0v) is 14.4. The van der Waals surface area contributed by atoms with Crippen molar-refractivity contribution in [1.82, 2.24) is 9.97 Å². The minimum atomic E-state index is 0.615. The molecule has 0 aliphatic rings. The Morgan fingerprint density at radius 3 is 2.75 bits per heavy atom. The molecule has 1 aromatic heterocycles. The van der Waals surface area contributed by atoms with Crippen LogP contribution in [0.2, 0.25) is 5.02 Å². The summed E-state index contributed by atoms with van der Waals surface area (Å²) >= 11 is 6.07. The molecule has 0 aliphatic carbocycles. The topological polar surface area (TPSA) is 50.3 Å². The van der Waals surface area contributed by atoms with E-state index in [1.54, 1.807) is 7.11 Å². The summed E-state index contributed by atoms with van der Waals surface area (Å²) in [5, 5.41) is 4.98. The third-order valence-electron chi connectivity index (χ3n) is 3.65. The van der Waals surface area contributed by atoms with Crippen LogP contribution < -0.4 is 10.2 Å². The SMILES string of the molecule is COCCN(C)c1nc(Nc2cccc(Cl)c2)c2ccccc2n1. The van der Waals surface area contributed by atoms with Crippen molar-refractivity contribution in [2.24, 2.45) is 0 Å². The second kappa shape index (κ2) is 7.47. The number of methoxy groups -OCH3 is 1. The summed E-state index contributed by atoms with van der Waals surface area (Å²) in [4.78, 5) is 11.3. The summed E-state index contributed by atoms with van der Waals surface area (Å²) in [6.45, 7) is 1.33. The van der Waals surface area contributed by atoms with Crippen LogP contribution in [0.5, 0.6) is 0 Å². The lowest BCUT2D eigenvalue weighted by molar-refractivity contribution is 0.206. The summed E-state index contributed by atoms with van der Waals surface area (Å²) in [6.07, 6.45) is 0. The van der Waals surface area contributed by atoms with Crippen LogP contribution >= 0.6 is 11.6 Å². The first-order chi connectivity index (χ1) is 11.7. The maximum Gasteiger partial charge on any atom is 0.227 e. The van der Waals surface area contributed by atoms with E-state index < -0.39 is 0 Å². The standard InChI is InChI=1S/C18H19ClN4O/c1-23(10-11-24-2)18-21-16-9-4-3-8-15(16)17(22-18)20-14-7-5-6-13(19)12-14/h3-9,12H,10-11H2,1-2H3,(H,20,21,22). The average molecular weight is 343 g/mol. The van der Waals surface area contributed by atoms with E-state index in [1.807, 2.05) is 60.5 Å². The highest BCUT2D eigenvalue weighted by Gasteiger charge is 2.11. The van der Waals surface area contributed by atoms with Gasteiger partial charge in [-0.3, -0.25) is 0 Å². The first kappa shape index (κ1) is 16.5. The Hall–Kier alpha value is -2.37. The Balaban J connectivity index is 2.01. The van der Waals surface area contributed by atoms with Crippen LogP contribution in [0.25, 0.3) is 10.9 Å². The number of ether oxygens (including phenoxy) is 1. The quantitative estimate of drug-likeness (QED) is 0.730. The number of halogens is 1. The Bertz CT molecular complexity index is 840. The van der Waals surface area contributed by atoms with Crippen LogP contribution in [0.1, 0.15) is 0 Å². The van der Waals surface area contributed by atoms with Gasteiger partial charge in [-0.2, -0.15) is 4.98 Å². The minimum Gasteiger partial charge on any atom is -0.383 e. The first-order valence-electron chi connectivity index (χ1n) is 7.67. The predicted molar refractivity (Wildman–Crippen MR) is 99.4 cm³/mol. The van der Waals surface area contributed by atoms with Gasteiger partial charge in [0.15, 0.2) is 0 Å². The average Bonchev–Trinajstić information content (AvgIpc) is 2.59. The van der Waals surface area contributed by atoms with E-state index >= 15 is 0 Å². The van der Waals surface area contributed by atoms with Gasteiger partial charge in [-0.05, 0) is 30.3 Å². The zero-order chi connectivity index (χ0) is 16.9. The minimum absolute atomic E-state index is 0.615. The second-order valence-corrected chi connectivity index (χ2v) is 5.88. The molecule has 0 radical (unpaired) electrons. The van der Waals surface area contributed by atoms with Crippen molar-refractivity contribution in [2.45, 2.75) is 0 Å². The van der Waals surface area contributed by atoms with E-state index in [0.29, 0.717) is 24.1 Å². The molecule has 0 saturated carbocycles. The molecule has 0 fully saturated rings. The Morgan fingerprint density at radius 2 is 1.96 bits per heavy atom. The maximum absolute atomic E-state index is 6.07. The fourth-order valence-electron chi connectivity index (χ4n) is 2.36. The molecular formula is C18H19ClN4O. The number of nitrogens with one attached hydrogen (secondary N) is 1. The van der Waals surface area contributed by atoms with Gasteiger partial charge in [0.2, 0.25) is 5.95 Å². The maximum atomic E-state index is 6.07. The molecule has 3 rings (SSSR count). The van der Waals surface area contributed by atoms with Crippen LogP contribution in [0.3, 0.4) is 0 Å². The van der Waals surface area contributed by atoms with Crippen LogP contribution in [-0.2, 0) is 4.74 Å². The van der Waals surface area contributed by atoms with E-state index in [-0.39, 0.29) is 0 Å². The highest BCUT2D eigenvalue weighted by Crippen LogP contribution is 2.27. The second-order valence-electron chi connectivity index (χ2n) is 5.44. The lowest BCUT2D eigenvalue weighted by atomic mass is 10.2. The van der Waals surface area contributed by atoms with E-state index in [9.17, 15) is 0 Å². The Morgan fingerprint density at radius 1 is 1.12 bits per heavy atom. The van der Waals surface area contributed by atoms with Crippen molar-refractivity contribution in [1.29, 1.82) is 0 Å². The fourth-order valence-corrected chi connectivity index (χ4v) is 2.55. The number of aromatic nitrogens is 2. The highest BCUT2D eigenvalue weighted by molar-refractivity contribution is 6.30. The van der Waals surface area contributed by atoms with Gasteiger partial charge < -0.3 is 15.0 Å². The molecule has 0 aliphatic heterocycles. The zero-order valence-electron chi connectivity index (χ0n) is 13.7. The number of hydrogen-bond acceptors (Lipinski definition) is 5. The predicted octanol–water partition coefficient (Wildman–Crippen LogP) is 4.11. The molecule has 1 N–H and O–H groups in total. The molecule has 0 atom stereocenters. The van der Waals surface area contributed by atoms with Crippen molar-refractivity contribution in [3.63, 3.8) is 0 Å². The number of benzene rings is 2.